The van der Waals surface area contributed by atoms with E-state index < -0.39 is 0 Å². The monoisotopic (exact) mass is 344 g/mol. The molecule has 2 fully saturated rings. The highest BCUT2D eigenvalue weighted by atomic mass is 16.5. The number of aromatic nitrogens is 5. The summed E-state index contributed by atoms with van der Waals surface area (Å²) in [6.07, 6.45) is 6.49. The fraction of sp³-hybridized carbons (Fsp3) is 0.647. The number of nitrogens with one attached hydrogen (secondary N) is 1. The zero-order chi connectivity index (χ0) is 17.4. The van der Waals surface area contributed by atoms with E-state index in [1.807, 2.05) is 24.9 Å². The first kappa shape index (κ1) is 16.3. The highest BCUT2D eigenvalue weighted by molar-refractivity contribution is 5.95. The minimum atomic E-state index is -0.0625. The molecule has 8 nitrogen and oxygen atoms in total. The molecule has 0 aromatic carbocycles. The summed E-state index contributed by atoms with van der Waals surface area (Å²) in [5.41, 5.74) is 1.69. The summed E-state index contributed by atoms with van der Waals surface area (Å²) in [4.78, 5) is 19.0. The van der Waals surface area contributed by atoms with Gasteiger partial charge in [-0.2, -0.15) is 10.2 Å². The van der Waals surface area contributed by atoms with Crippen LogP contribution in [0, 0.1) is 0 Å². The molecule has 1 saturated heterocycles. The topological polar surface area (TPSA) is 88.9 Å². The lowest BCUT2D eigenvalue weighted by molar-refractivity contribution is 0.0549. The van der Waals surface area contributed by atoms with Crippen molar-refractivity contribution in [2.45, 2.75) is 50.7 Å². The van der Waals surface area contributed by atoms with Crippen LogP contribution in [0.3, 0.4) is 0 Å². The number of likely N-dealkylation sites (N-methyl/N-ethyl adjacent to an activating group) is 1. The van der Waals surface area contributed by atoms with Crippen molar-refractivity contribution in [2.75, 3.05) is 20.2 Å². The number of carbonyl (C=O) groups excluding carboxylic acids is 1. The van der Waals surface area contributed by atoms with Gasteiger partial charge in [-0.1, -0.05) is 0 Å². The molecule has 2 aliphatic rings. The standard InChI is InChI=1S/C17H24N6O2/c1-3-23-8-13(15(21-23)11-4-5-11)17(24)22(2)9-14-12(6-7-25-14)16-18-10-19-20-16/h8,10-12,14H,3-7,9H2,1-2H3,(H,18,19,20)/t12-,14-/m1/s1. The number of aromatic amines is 1. The van der Waals surface area contributed by atoms with E-state index in [2.05, 4.69) is 20.3 Å². The number of H-pyrrole nitrogens is 1. The van der Waals surface area contributed by atoms with Crippen LogP contribution in [0.4, 0.5) is 0 Å². The quantitative estimate of drug-likeness (QED) is 0.859. The number of amides is 1. The summed E-state index contributed by atoms with van der Waals surface area (Å²) in [7, 11) is 1.83. The zero-order valence-corrected chi connectivity index (χ0v) is 14.7. The van der Waals surface area contributed by atoms with E-state index in [9.17, 15) is 4.79 Å². The third kappa shape index (κ3) is 3.18. The van der Waals surface area contributed by atoms with Crippen LogP contribution in [0.5, 0.6) is 0 Å². The Balaban J connectivity index is 1.48. The van der Waals surface area contributed by atoms with E-state index in [0.29, 0.717) is 19.1 Å². The first-order valence-electron chi connectivity index (χ1n) is 8.97. The summed E-state index contributed by atoms with van der Waals surface area (Å²) >= 11 is 0. The molecule has 0 unspecified atom stereocenters. The van der Waals surface area contributed by atoms with Gasteiger partial charge in [-0.3, -0.25) is 14.6 Å². The second-order valence-corrected chi connectivity index (χ2v) is 6.92. The number of hydrogen-bond donors (Lipinski definition) is 1. The SMILES string of the molecule is CCn1cc(C(=O)N(C)C[C@H]2OCC[C@H]2c2ncn[nH]2)c(C2CC2)n1. The molecule has 0 bridgehead atoms. The molecule has 2 aromatic rings. The van der Waals surface area contributed by atoms with Crippen LogP contribution < -0.4 is 0 Å². The molecular formula is C17H24N6O2. The number of aryl methyl sites for hydroxylation is 1. The molecule has 1 amide bonds. The van der Waals surface area contributed by atoms with Crippen molar-refractivity contribution in [3.8, 4) is 0 Å². The molecule has 1 aliphatic heterocycles. The lowest BCUT2D eigenvalue weighted by atomic mass is 10.00. The second kappa shape index (κ2) is 6.59. The number of hydrogen-bond acceptors (Lipinski definition) is 5. The molecule has 134 valence electrons. The Morgan fingerprint density at radius 2 is 2.28 bits per heavy atom. The Morgan fingerprint density at radius 1 is 1.44 bits per heavy atom. The lowest BCUT2D eigenvalue weighted by Gasteiger charge is -2.24. The molecule has 2 aromatic heterocycles. The maximum Gasteiger partial charge on any atom is 0.257 e. The molecule has 0 radical (unpaired) electrons. The average molecular weight is 344 g/mol. The van der Waals surface area contributed by atoms with E-state index >= 15 is 0 Å². The first-order chi connectivity index (χ1) is 12.2. The lowest BCUT2D eigenvalue weighted by Crippen LogP contribution is -2.36. The smallest absolute Gasteiger partial charge is 0.257 e. The fourth-order valence-corrected chi connectivity index (χ4v) is 3.51. The number of ether oxygens (including phenoxy) is 1. The van der Waals surface area contributed by atoms with Crippen molar-refractivity contribution in [3.05, 3.63) is 29.6 Å². The minimum Gasteiger partial charge on any atom is -0.376 e. The van der Waals surface area contributed by atoms with Crippen molar-refractivity contribution in [1.29, 1.82) is 0 Å². The normalized spacial score (nSPS) is 23.1. The van der Waals surface area contributed by atoms with Crippen LogP contribution in [-0.2, 0) is 11.3 Å². The summed E-state index contributed by atoms with van der Waals surface area (Å²) in [5, 5.41) is 11.5. The number of carbonyl (C=O) groups is 1. The summed E-state index contributed by atoms with van der Waals surface area (Å²) in [6, 6.07) is 0. The Hall–Kier alpha value is -2.22. The first-order valence-corrected chi connectivity index (χ1v) is 8.97. The van der Waals surface area contributed by atoms with Gasteiger partial charge in [0.2, 0.25) is 0 Å². The molecule has 1 aliphatic carbocycles. The number of nitrogens with zero attached hydrogens (tertiary/aromatic N) is 5. The van der Waals surface area contributed by atoms with Gasteiger partial charge >= 0.3 is 0 Å². The van der Waals surface area contributed by atoms with E-state index in [-0.39, 0.29) is 17.9 Å². The average Bonchev–Trinajstić information content (AvgIpc) is 3.05. The van der Waals surface area contributed by atoms with Crippen molar-refractivity contribution in [1.82, 2.24) is 29.9 Å². The predicted molar refractivity (Wildman–Crippen MR) is 90.3 cm³/mol. The molecule has 8 heteroatoms. The molecule has 2 atom stereocenters. The molecule has 3 heterocycles. The summed E-state index contributed by atoms with van der Waals surface area (Å²) in [5.74, 6) is 1.46. The van der Waals surface area contributed by atoms with Crippen molar-refractivity contribution in [2.24, 2.45) is 0 Å². The Kier molecular flexibility index (Phi) is 4.29. The Morgan fingerprint density at radius 3 is 2.96 bits per heavy atom. The van der Waals surface area contributed by atoms with Crippen molar-refractivity contribution in [3.63, 3.8) is 0 Å². The third-order valence-electron chi connectivity index (χ3n) is 5.10. The van der Waals surface area contributed by atoms with Gasteiger partial charge in [-0.05, 0) is 26.2 Å². The zero-order valence-electron chi connectivity index (χ0n) is 14.7. The van der Waals surface area contributed by atoms with Crippen LogP contribution in [0.25, 0.3) is 0 Å². The van der Waals surface area contributed by atoms with Crippen LogP contribution >= 0.6 is 0 Å². The largest absolute Gasteiger partial charge is 0.376 e. The van der Waals surface area contributed by atoms with Gasteiger partial charge in [0.1, 0.15) is 12.2 Å². The predicted octanol–water partition coefficient (Wildman–Crippen LogP) is 1.54. The van der Waals surface area contributed by atoms with Gasteiger partial charge in [0.15, 0.2) is 0 Å². The second-order valence-electron chi connectivity index (χ2n) is 6.92. The highest BCUT2D eigenvalue weighted by Gasteiger charge is 2.36. The molecule has 25 heavy (non-hydrogen) atoms. The molecular weight excluding hydrogens is 320 g/mol. The van der Waals surface area contributed by atoms with Gasteiger partial charge in [0, 0.05) is 44.8 Å². The molecule has 1 saturated carbocycles. The van der Waals surface area contributed by atoms with Gasteiger partial charge in [0.25, 0.3) is 5.91 Å². The maximum atomic E-state index is 13.0. The highest BCUT2D eigenvalue weighted by Crippen LogP contribution is 2.41. The minimum absolute atomic E-state index is 0.0217. The van der Waals surface area contributed by atoms with Crippen molar-refractivity contribution < 1.29 is 9.53 Å². The van der Waals surface area contributed by atoms with Gasteiger partial charge in [0.05, 0.1) is 17.4 Å². The fourth-order valence-electron chi connectivity index (χ4n) is 3.51. The van der Waals surface area contributed by atoms with Crippen LogP contribution in [-0.4, -0.2) is 62.1 Å². The van der Waals surface area contributed by atoms with Gasteiger partial charge in [-0.15, -0.1) is 0 Å². The molecule has 1 N–H and O–H groups in total. The maximum absolute atomic E-state index is 13.0. The van der Waals surface area contributed by atoms with Crippen LogP contribution in [0.2, 0.25) is 0 Å². The Bertz CT molecular complexity index is 736. The van der Waals surface area contributed by atoms with Crippen LogP contribution in [0.15, 0.2) is 12.5 Å². The molecule has 0 spiro atoms. The summed E-state index contributed by atoms with van der Waals surface area (Å²) < 4.78 is 7.72. The van der Waals surface area contributed by atoms with E-state index in [0.717, 1.165) is 42.9 Å². The third-order valence-corrected chi connectivity index (χ3v) is 5.10. The summed E-state index contributed by atoms with van der Waals surface area (Å²) in [6.45, 7) is 4.02. The van der Waals surface area contributed by atoms with E-state index in [1.54, 1.807) is 4.90 Å². The van der Waals surface area contributed by atoms with Gasteiger partial charge < -0.3 is 9.64 Å². The molecule has 4 rings (SSSR count). The van der Waals surface area contributed by atoms with Gasteiger partial charge in [-0.25, -0.2) is 4.98 Å². The number of rotatable bonds is 6. The Labute approximate surface area is 146 Å². The van der Waals surface area contributed by atoms with Crippen molar-refractivity contribution >= 4 is 5.91 Å². The van der Waals surface area contributed by atoms with Crippen LogP contribution in [0.1, 0.15) is 59.9 Å². The van der Waals surface area contributed by atoms with E-state index in [4.69, 9.17) is 4.74 Å². The van der Waals surface area contributed by atoms with E-state index in [1.165, 1.54) is 6.33 Å².